The van der Waals surface area contributed by atoms with Gasteiger partial charge in [-0.15, -0.1) is 0 Å². The van der Waals surface area contributed by atoms with Gasteiger partial charge in [0.1, 0.15) is 5.75 Å². The molecule has 1 heterocycles. The molecule has 2 rings (SSSR count). The van der Waals surface area contributed by atoms with Gasteiger partial charge in [0.25, 0.3) is 0 Å². The fourth-order valence-corrected chi connectivity index (χ4v) is 2.55. The third-order valence-corrected chi connectivity index (χ3v) is 3.91. The summed E-state index contributed by atoms with van der Waals surface area (Å²) in [4.78, 5) is 15.6. The van der Waals surface area contributed by atoms with Crippen LogP contribution in [0.3, 0.4) is 0 Å². The van der Waals surface area contributed by atoms with Gasteiger partial charge in [-0.25, -0.2) is 0 Å². The first-order chi connectivity index (χ1) is 10.1. The van der Waals surface area contributed by atoms with Crippen molar-refractivity contribution in [2.45, 2.75) is 18.9 Å². The molecule has 0 radical (unpaired) electrons. The normalized spacial score (nSPS) is 16.5. The fraction of sp³-hybridized carbons (Fsp3) is 0.562. The standard InChI is InChI=1S/C16H25N3O2/c1-18(2)16(20)12-19-10-8-13(9-11-19)17-14-6-4-5-7-15(14)21-3/h4-7,13,17H,8-12H2,1-3H3. The van der Waals surface area contributed by atoms with E-state index in [0.29, 0.717) is 12.6 Å². The van der Waals surface area contributed by atoms with Gasteiger partial charge < -0.3 is 15.0 Å². The highest BCUT2D eigenvalue weighted by molar-refractivity contribution is 5.77. The molecule has 0 bridgehead atoms. The highest BCUT2D eigenvalue weighted by Gasteiger charge is 2.21. The monoisotopic (exact) mass is 291 g/mol. The summed E-state index contributed by atoms with van der Waals surface area (Å²) in [6, 6.07) is 8.43. The number of hydrogen-bond donors (Lipinski definition) is 1. The molecule has 0 aliphatic carbocycles. The zero-order valence-electron chi connectivity index (χ0n) is 13.1. The summed E-state index contributed by atoms with van der Waals surface area (Å²) in [6.07, 6.45) is 2.08. The van der Waals surface area contributed by atoms with Crippen LogP contribution in [0.1, 0.15) is 12.8 Å². The van der Waals surface area contributed by atoms with Gasteiger partial charge in [-0.2, -0.15) is 0 Å². The summed E-state index contributed by atoms with van der Waals surface area (Å²) in [6.45, 7) is 2.42. The van der Waals surface area contributed by atoms with Crippen LogP contribution in [0.15, 0.2) is 24.3 Å². The van der Waals surface area contributed by atoms with Crippen LogP contribution in [0, 0.1) is 0 Å². The van der Waals surface area contributed by atoms with Crippen molar-refractivity contribution in [3.63, 3.8) is 0 Å². The van der Waals surface area contributed by atoms with Crippen molar-refractivity contribution >= 4 is 11.6 Å². The van der Waals surface area contributed by atoms with Crippen LogP contribution in [0.2, 0.25) is 0 Å². The number of carbonyl (C=O) groups excluding carboxylic acids is 1. The Balaban J connectivity index is 1.83. The Kier molecular flexibility index (Phi) is 5.44. The van der Waals surface area contributed by atoms with E-state index < -0.39 is 0 Å². The predicted octanol–water partition coefficient (Wildman–Crippen LogP) is 1.66. The molecule has 0 unspecified atom stereocenters. The van der Waals surface area contributed by atoms with Crippen molar-refractivity contribution in [3.8, 4) is 5.75 Å². The molecule has 0 spiro atoms. The van der Waals surface area contributed by atoms with E-state index in [1.165, 1.54) is 0 Å². The zero-order chi connectivity index (χ0) is 15.2. The third-order valence-electron chi connectivity index (χ3n) is 3.91. The van der Waals surface area contributed by atoms with Gasteiger partial charge in [-0.3, -0.25) is 9.69 Å². The Morgan fingerprint density at radius 1 is 1.33 bits per heavy atom. The highest BCUT2D eigenvalue weighted by Crippen LogP contribution is 2.26. The van der Waals surface area contributed by atoms with Crippen LogP contribution in [0.4, 0.5) is 5.69 Å². The van der Waals surface area contributed by atoms with E-state index in [4.69, 9.17) is 4.74 Å². The molecule has 0 aromatic heterocycles. The first-order valence-corrected chi connectivity index (χ1v) is 7.42. The van der Waals surface area contributed by atoms with Crippen molar-refractivity contribution in [1.29, 1.82) is 0 Å². The Labute approximate surface area is 126 Å². The molecular weight excluding hydrogens is 266 g/mol. The third kappa shape index (κ3) is 4.36. The van der Waals surface area contributed by atoms with Crippen molar-refractivity contribution in [1.82, 2.24) is 9.80 Å². The molecular formula is C16H25N3O2. The van der Waals surface area contributed by atoms with Crippen molar-refractivity contribution in [2.24, 2.45) is 0 Å². The summed E-state index contributed by atoms with van der Waals surface area (Å²) in [5.74, 6) is 1.05. The van der Waals surface area contributed by atoms with Gasteiger partial charge in [-0.1, -0.05) is 12.1 Å². The number of hydrogen-bond acceptors (Lipinski definition) is 4. The second-order valence-electron chi connectivity index (χ2n) is 5.68. The molecule has 0 atom stereocenters. The van der Waals surface area contributed by atoms with Gasteiger partial charge in [0.2, 0.25) is 5.91 Å². The van der Waals surface area contributed by atoms with E-state index in [2.05, 4.69) is 10.2 Å². The lowest BCUT2D eigenvalue weighted by atomic mass is 10.0. The lowest BCUT2D eigenvalue weighted by Crippen LogP contribution is -2.43. The minimum absolute atomic E-state index is 0.172. The van der Waals surface area contributed by atoms with Gasteiger partial charge in [-0.05, 0) is 25.0 Å². The largest absolute Gasteiger partial charge is 0.495 e. The summed E-state index contributed by atoms with van der Waals surface area (Å²) >= 11 is 0. The topological polar surface area (TPSA) is 44.8 Å². The zero-order valence-corrected chi connectivity index (χ0v) is 13.1. The molecule has 1 aromatic rings. The van der Waals surface area contributed by atoms with Crippen LogP contribution in [-0.2, 0) is 4.79 Å². The highest BCUT2D eigenvalue weighted by atomic mass is 16.5. The molecule has 1 fully saturated rings. The van der Waals surface area contributed by atoms with Crippen molar-refractivity contribution < 1.29 is 9.53 Å². The SMILES string of the molecule is COc1ccccc1NC1CCN(CC(=O)N(C)C)CC1. The van der Waals surface area contributed by atoms with Crippen LogP contribution in [0.5, 0.6) is 5.75 Å². The predicted molar refractivity (Wildman–Crippen MR) is 84.8 cm³/mol. The minimum atomic E-state index is 0.172. The maximum Gasteiger partial charge on any atom is 0.236 e. The summed E-state index contributed by atoms with van der Waals surface area (Å²) < 4.78 is 5.36. The minimum Gasteiger partial charge on any atom is -0.495 e. The number of benzene rings is 1. The van der Waals surface area contributed by atoms with E-state index in [0.717, 1.165) is 37.4 Å². The summed E-state index contributed by atoms with van der Waals surface area (Å²) in [5.41, 5.74) is 1.04. The Morgan fingerprint density at radius 3 is 2.62 bits per heavy atom. The van der Waals surface area contributed by atoms with E-state index >= 15 is 0 Å². The number of piperidine rings is 1. The number of ether oxygens (including phenoxy) is 1. The number of para-hydroxylation sites is 2. The van der Waals surface area contributed by atoms with Gasteiger partial charge >= 0.3 is 0 Å². The lowest BCUT2D eigenvalue weighted by molar-refractivity contribution is -0.130. The molecule has 1 N–H and O–H groups in total. The number of nitrogens with zero attached hydrogens (tertiary/aromatic N) is 2. The van der Waals surface area contributed by atoms with Gasteiger partial charge in [0.05, 0.1) is 19.3 Å². The smallest absolute Gasteiger partial charge is 0.236 e. The number of nitrogens with one attached hydrogen (secondary N) is 1. The second-order valence-corrected chi connectivity index (χ2v) is 5.68. The number of anilines is 1. The Morgan fingerprint density at radius 2 is 2.00 bits per heavy atom. The number of rotatable bonds is 5. The summed E-state index contributed by atoms with van der Waals surface area (Å²) in [7, 11) is 5.30. The molecule has 1 aliphatic rings. The number of likely N-dealkylation sites (N-methyl/N-ethyl adjacent to an activating group) is 1. The lowest BCUT2D eigenvalue weighted by Gasteiger charge is -2.33. The van der Waals surface area contributed by atoms with Crippen LogP contribution in [-0.4, -0.2) is 62.6 Å². The molecule has 116 valence electrons. The molecule has 0 saturated carbocycles. The maximum atomic E-state index is 11.7. The van der Waals surface area contributed by atoms with Crippen LogP contribution < -0.4 is 10.1 Å². The van der Waals surface area contributed by atoms with E-state index in [-0.39, 0.29) is 5.91 Å². The number of amides is 1. The quantitative estimate of drug-likeness (QED) is 0.896. The first-order valence-electron chi connectivity index (χ1n) is 7.42. The Bertz CT molecular complexity index is 468. The number of methoxy groups -OCH3 is 1. The molecule has 1 saturated heterocycles. The van der Waals surface area contributed by atoms with Crippen molar-refractivity contribution in [2.75, 3.05) is 46.2 Å². The van der Waals surface area contributed by atoms with Crippen LogP contribution in [0.25, 0.3) is 0 Å². The molecule has 1 aromatic carbocycles. The van der Waals surface area contributed by atoms with Crippen molar-refractivity contribution in [3.05, 3.63) is 24.3 Å². The average Bonchev–Trinajstić information content (AvgIpc) is 2.49. The number of likely N-dealkylation sites (tertiary alicyclic amines) is 1. The Hall–Kier alpha value is -1.75. The maximum absolute atomic E-state index is 11.7. The molecule has 21 heavy (non-hydrogen) atoms. The fourth-order valence-electron chi connectivity index (χ4n) is 2.55. The second kappa shape index (κ2) is 7.31. The van der Waals surface area contributed by atoms with Gasteiger partial charge in [0.15, 0.2) is 0 Å². The summed E-state index contributed by atoms with van der Waals surface area (Å²) in [5, 5.41) is 3.55. The molecule has 5 nitrogen and oxygen atoms in total. The van der Waals surface area contributed by atoms with Crippen LogP contribution >= 0.6 is 0 Å². The molecule has 5 heteroatoms. The first kappa shape index (κ1) is 15.6. The number of carbonyl (C=O) groups is 1. The van der Waals surface area contributed by atoms with E-state index in [9.17, 15) is 4.79 Å². The van der Waals surface area contributed by atoms with E-state index in [1.807, 2.05) is 24.3 Å². The van der Waals surface area contributed by atoms with E-state index in [1.54, 1.807) is 26.1 Å². The average molecular weight is 291 g/mol. The van der Waals surface area contributed by atoms with Gasteiger partial charge in [0, 0.05) is 33.2 Å². The molecule has 1 amide bonds. The molecule has 1 aliphatic heterocycles.